The van der Waals surface area contributed by atoms with Gasteiger partial charge in [-0.2, -0.15) is 0 Å². The maximum absolute atomic E-state index is 13.2. The summed E-state index contributed by atoms with van der Waals surface area (Å²) in [6.45, 7) is 11.8. The number of nitrogens with zero attached hydrogens (tertiary/aromatic N) is 2. The Balaban J connectivity index is 1.81. The summed E-state index contributed by atoms with van der Waals surface area (Å²) in [6.07, 6.45) is 0.828. The van der Waals surface area contributed by atoms with E-state index in [-0.39, 0.29) is 29.5 Å². The average molecular weight is 472 g/mol. The molecule has 1 heterocycles. The zero-order chi connectivity index (χ0) is 24.8. The first kappa shape index (κ1) is 25.9. The van der Waals surface area contributed by atoms with Gasteiger partial charge in [0.25, 0.3) is 5.91 Å². The van der Waals surface area contributed by atoms with Crippen molar-refractivity contribution in [3.63, 3.8) is 0 Å². The Bertz CT molecular complexity index is 926. The highest BCUT2D eigenvalue weighted by Crippen LogP contribution is 2.32. The van der Waals surface area contributed by atoms with Crippen molar-refractivity contribution in [2.24, 2.45) is 16.1 Å². The zero-order valence-electron chi connectivity index (χ0n) is 20.6. The normalized spacial score (nSPS) is 19.1. The molecule has 0 unspecified atom stereocenters. The van der Waals surface area contributed by atoms with E-state index in [4.69, 9.17) is 15.2 Å². The van der Waals surface area contributed by atoms with Gasteiger partial charge >= 0.3 is 6.09 Å². The molecule has 4 N–H and O–H groups in total. The molecule has 1 saturated heterocycles. The molecule has 9 nitrogen and oxygen atoms in total. The summed E-state index contributed by atoms with van der Waals surface area (Å²) >= 11 is 0. The molecule has 1 aliphatic carbocycles. The Morgan fingerprint density at radius 3 is 2.41 bits per heavy atom. The van der Waals surface area contributed by atoms with E-state index < -0.39 is 11.8 Å². The third-order valence-corrected chi connectivity index (χ3v) is 6.08. The van der Waals surface area contributed by atoms with Gasteiger partial charge in [-0.15, -0.1) is 0 Å². The Morgan fingerprint density at radius 2 is 1.82 bits per heavy atom. The fourth-order valence-electron chi connectivity index (χ4n) is 3.30. The van der Waals surface area contributed by atoms with Crippen LogP contribution < -0.4 is 16.4 Å². The van der Waals surface area contributed by atoms with Gasteiger partial charge in [0.15, 0.2) is 0 Å². The van der Waals surface area contributed by atoms with E-state index in [1.807, 2.05) is 58.0 Å². The number of allylic oxidation sites excluding steroid dienone is 1. The number of hydrogen-bond donors (Lipinski definition) is 3. The largest absolute Gasteiger partial charge is 0.448 e. The van der Waals surface area contributed by atoms with Crippen molar-refractivity contribution in [2.75, 3.05) is 39.5 Å². The molecule has 1 aromatic carbocycles. The first-order valence-electron chi connectivity index (χ1n) is 11.8. The number of ether oxygens (including phenoxy) is 2. The van der Waals surface area contributed by atoms with Crippen LogP contribution in [0.25, 0.3) is 0 Å². The molecular weight excluding hydrogens is 434 g/mol. The van der Waals surface area contributed by atoms with Crippen LogP contribution in [0, 0.1) is 5.41 Å². The van der Waals surface area contributed by atoms with E-state index >= 15 is 0 Å². The number of amidine groups is 1. The fourth-order valence-corrected chi connectivity index (χ4v) is 3.30. The summed E-state index contributed by atoms with van der Waals surface area (Å²) < 4.78 is 10.7. The van der Waals surface area contributed by atoms with Crippen molar-refractivity contribution in [3.8, 4) is 0 Å². The van der Waals surface area contributed by atoms with Crippen LogP contribution in [0.2, 0.25) is 0 Å². The maximum Gasteiger partial charge on any atom is 0.412 e. The van der Waals surface area contributed by atoms with Crippen LogP contribution in [0.3, 0.4) is 0 Å². The van der Waals surface area contributed by atoms with Gasteiger partial charge in [-0.25, -0.2) is 9.79 Å². The molecule has 34 heavy (non-hydrogen) atoms. The lowest BCUT2D eigenvalue weighted by atomic mass is 9.86. The first-order chi connectivity index (χ1) is 16.1. The van der Waals surface area contributed by atoms with Gasteiger partial charge in [-0.1, -0.05) is 51.1 Å². The van der Waals surface area contributed by atoms with Gasteiger partial charge in [-0.05, 0) is 30.8 Å². The van der Waals surface area contributed by atoms with Gasteiger partial charge in [-0.3, -0.25) is 15.0 Å². The first-order valence-corrected chi connectivity index (χ1v) is 11.8. The van der Waals surface area contributed by atoms with Crippen LogP contribution in [0.5, 0.6) is 0 Å². The minimum Gasteiger partial charge on any atom is -0.448 e. The number of rotatable bonds is 7. The van der Waals surface area contributed by atoms with Crippen molar-refractivity contribution >= 4 is 17.8 Å². The minimum atomic E-state index is -0.686. The lowest BCUT2D eigenvalue weighted by Gasteiger charge is -2.26. The zero-order valence-corrected chi connectivity index (χ0v) is 20.6. The van der Waals surface area contributed by atoms with Gasteiger partial charge in [0.05, 0.1) is 18.9 Å². The Hall–Kier alpha value is -2.75. The number of aliphatic imine (C=N–C) groups is 1. The van der Waals surface area contributed by atoms with E-state index in [2.05, 4.69) is 20.5 Å². The molecule has 1 aromatic rings. The number of nitrogens with one attached hydrogen (secondary N) is 2. The van der Waals surface area contributed by atoms with E-state index in [0.29, 0.717) is 25.3 Å². The predicted octanol–water partition coefficient (Wildman–Crippen LogP) is 2.38. The Kier molecular flexibility index (Phi) is 8.46. The molecule has 0 aromatic heterocycles. The summed E-state index contributed by atoms with van der Waals surface area (Å²) in [5, 5.41) is 5.62. The average Bonchev–Trinajstić information content (AvgIpc) is 3.53. The van der Waals surface area contributed by atoms with Crippen molar-refractivity contribution in [2.45, 2.75) is 46.2 Å². The van der Waals surface area contributed by atoms with E-state index in [9.17, 15) is 9.59 Å². The molecule has 0 spiro atoms. The fraction of sp³-hybridized carbons (Fsp3) is 0.560. The van der Waals surface area contributed by atoms with Gasteiger partial charge in [0.2, 0.25) is 0 Å². The van der Waals surface area contributed by atoms with Gasteiger partial charge in [0.1, 0.15) is 18.1 Å². The summed E-state index contributed by atoms with van der Waals surface area (Å²) in [6, 6.07) is 9.20. The van der Waals surface area contributed by atoms with Crippen LogP contribution in [0.1, 0.15) is 46.1 Å². The molecule has 0 bridgehead atoms. The summed E-state index contributed by atoms with van der Waals surface area (Å²) in [4.78, 5) is 32.6. The second-order valence-electron chi connectivity index (χ2n) is 9.88. The van der Waals surface area contributed by atoms with Crippen LogP contribution in [-0.4, -0.2) is 67.9 Å². The van der Waals surface area contributed by atoms with E-state index in [1.54, 1.807) is 0 Å². The molecule has 2 amide bonds. The quantitative estimate of drug-likeness (QED) is 0.243. The number of nitrogens with two attached hydrogens (primary N) is 1. The lowest BCUT2D eigenvalue weighted by molar-refractivity contribution is -0.118. The smallest absolute Gasteiger partial charge is 0.412 e. The van der Waals surface area contributed by atoms with Crippen molar-refractivity contribution < 1.29 is 19.1 Å². The number of carbonyl (C=O) groups excluding carboxylic acids is 2. The summed E-state index contributed by atoms with van der Waals surface area (Å²) in [5.41, 5.74) is 6.80. The summed E-state index contributed by atoms with van der Waals surface area (Å²) in [5.74, 6) is -0.115. The Morgan fingerprint density at radius 1 is 1.18 bits per heavy atom. The topological polar surface area (TPSA) is 118 Å². The van der Waals surface area contributed by atoms with Gasteiger partial charge in [0, 0.05) is 25.2 Å². The number of carbonyl (C=O) groups is 2. The molecular formula is C25H37N5O4. The van der Waals surface area contributed by atoms with E-state index in [0.717, 1.165) is 31.5 Å². The second kappa shape index (κ2) is 11.1. The number of hydrogen-bond acceptors (Lipinski definition) is 7. The lowest BCUT2D eigenvalue weighted by Crippen LogP contribution is -2.45. The molecule has 0 atom stereocenters. The molecule has 9 heteroatoms. The molecule has 0 radical (unpaired) electrons. The number of benzene rings is 1. The standard InChI is InChI=1S/C25H37N5O4/c1-18(24(2,3)4)20(22(31)29-25(26)10-11-25)27-21(19-8-6-5-7-9-19)28-23(32)34-17-14-30-12-15-33-16-13-30/h5-9H,10-17,26H2,1-4H3,(H,29,31)(H,27,28,32)/b20-18+. The highest BCUT2D eigenvalue weighted by Gasteiger charge is 2.41. The third-order valence-electron chi connectivity index (χ3n) is 6.08. The van der Waals surface area contributed by atoms with Crippen LogP contribution in [0.4, 0.5) is 4.79 Å². The molecule has 186 valence electrons. The number of morpholine rings is 1. The highest BCUT2D eigenvalue weighted by molar-refractivity contribution is 6.09. The second-order valence-corrected chi connectivity index (χ2v) is 9.88. The molecule has 3 rings (SSSR count). The number of amides is 2. The van der Waals surface area contributed by atoms with Crippen LogP contribution in [0.15, 0.2) is 46.6 Å². The molecule has 2 aliphatic rings. The van der Waals surface area contributed by atoms with Crippen molar-refractivity contribution in [1.29, 1.82) is 0 Å². The SMILES string of the molecule is C/C(=C(\N=C(NC(=O)OCCN1CCOCC1)c1ccccc1)C(=O)NC1(N)CC1)C(C)(C)C. The van der Waals surface area contributed by atoms with Crippen molar-refractivity contribution in [3.05, 3.63) is 47.2 Å². The molecule has 1 aliphatic heterocycles. The number of alkyl carbamates (subject to hydrolysis) is 1. The van der Waals surface area contributed by atoms with Crippen LogP contribution >= 0.6 is 0 Å². The third kappa shape index (κ3) is 7.65. The molecule has 1 saturated carbocycles. The predicted molar refractivity (Wildman–Crippen MR) is 131 cm³/mol. The van der Waals surface area contributed by atoms with E-state index in [1.165, 1.54) is 0 Å². The Labute approximate surface area is 201 Å². The summed E-state index contributed by atoms with van der Waals surface area (Å²) in [7, 11) is 0. The highest BCUT2D eigenvalue weighted by atomic mass is 16.5. The molecule has 2 fully saturated rings. The maximum atomic E-state index is 13.2. The minimum absolute atomic E-state index is 0.233. The van der Waals surface area contributed by atoms with Gasteiger partial charge < -0.3 is 20.5 Å². The monoisotopic (exact) mass is 471 g/mol. The van der Waals surface area contributed by atoms with Crippen LogP contribution in [-0.2, 0) is 14.3 Å². The van der Waals surface area contributed by atoms with Crippen molar-refractivity contribution in [1.82, 2.24) is 15.5 Å².